The van der Waals surface area contributed by atoms with Crippen molar-refractivity contribution in [3.05, 3.63) is 0 Å². The second-order valence-electron chi connectivity index (χ2n) is 5.29. The van der Waals surface area contributed by atoms with Crippen molar-refractivity contribution in [1.29, 1.82) is 0 Å². The molecule has 3 aliphatic rings. The molecule has 1 saturated heterocycles. The van der Waals surface area contributed by atoms with Gasteiger partial charge in [0, 0.05) is 26.9 Å². The topological polar surface area (TPSA) is 40.2 Å². The number of ether oxygens (including phenoxy) is 1. The molecule has 1 heterocycles. The summed E-state index contributed by atoms with van der Waals surface area (Å²) in [7, 11) is 2.73. The summed E-state index contributed by atoms with van der Waals surface area (Å²) < 4.78 is 22.4. The molecule has 16 heavy (non-hydrogen) atoms. The second-order valence-corrected chi connectivity index (χ2v) is 8.42. The van der Waals surface area contributed by atoms with Gasteiger partial charge in [0.05, 0.1) is 12.2 Å². The number of hydrogen-bond donors (Lipinski definition) is 0. The monoisotopic (exact) mass is 244 g/mol. The lowest BCUT2D eigenvalue weighted by Crippen LogP contribution is -2.45. The van der Waals surface area contributed by atoms with Crippen LogP contribution in [-0.4, -0.2) is 42.3 Å². The average Bonchev–Trinajstić information content (AvgIpc) is 3.21. The van der Waals surface area contributed by atoms with Crippen LogP contribution < -0.4 is 0 Å². The Bertz CT molecular complexity index is 285. The van der Waals surface area contributed by atoms with Crippen LogP contribution in [0, 0.1) is 5.41 Å². The van der Waals surface area contributed by atoms with E-state index in [2.05, 4.69) is 0 Å². The molecule has 0 aromatic rings. The highest BCUT2D eigenvalue weighted by Gasteiger charge is 2.71. The van der Waals surface area contributed by atoms with Crippen molar-refractivity contribution in [2.45, 2.75) is 43.4 Å². The third kappa shape index (κ3) is 1.42. The smallest absolute Gasteiger partial charge is 0.377 e. The molecule has 1 spiro atoms. The fourth-order valence-electron chi connectivity index (χ4n) is 3.57. The van der Waals surface area contributed by atoms with E-state index in [-0.39, 0.29) is 0 Å². The lowest BCUT2D eigenvalue weighted by atomic mass is 9.86. The van der Waals surface area contributed by atoms with Crippen LogP contribution in [0.1, 0.15) is 25.7 Å². The minimum atomic E-state index is -2.41. The van der Waals surface area contributed by atoms with Crippen molar-refractivity contribution < 1.29 is 18.0 Å². The van der Waals surface area contributed by atoms with Crippen LogP contribution in [0.25, 0.3) is 0 Å². The fraction of sp³-hybridized carbons (Fsp3) is 1.00. The first-order valence-corrected chi connectivity index (χ1v) is 7.81. The Morgan fingerprint density at radius 2 is 1.75 bits per heavy atom. The van der Waals surface area contributed by atoms with E-state index in [1.807, 2.05) is 0 Å². The van der Waals surface area contributed by atoms with E-state index in [1.165, 1.54) is 25.7 Å². The van der Waals surface area contributed by atoms with Gasteiger partial charge in [-0.25, -0.2) is 0 Å². The first kappa shape index (κ1) is 11.2. The molecule has 0 aromatic carbocycles. The van der Waals surface area contributed by atoms with Gasteiger partial charge in [-0.1, -0.05) is 0 Å². The first-order valence-electron chi connectivity index (χ1n) is 6.00. The minimum Gasteiger partial charge on any atom is -0.377 e. The van der Waals surface area contributed by atoms with Crippen LogP contribution in [0.15, 0.2) is 0 Å². The molecule has 3 fully saturated rings. The highest BCUT2D eigenvalue weighted by molar-refractivity contribution is 6.63. The maximum absolute atomic E-state index is 5.61. The average molecular weight is 244 g/mol. The zero-order valence-electron chi connectivity index (χ0n) is 10.2. The number of rotatable bonds is 4. The molecule has 0 bridgehead atoms. The third-order valence-electron chi connectivity index (χ3n) is 4.69. The van der Waals surface area contributed by atoms with Crippen LogP contribution in [0.4, 0.5) is 0 Å². The largest absolute Gasteiger partial charge is 0.504 e. The Morgan fingerprint density at radius 3 is 2.31 bits per heavy atom. The van der Waals surface area contributed by atoms with Gasteiger partial charge in [0.15, 0.2) is 0 Å². The maximum Gasteiger partial charge on any atom is 0.504 e. The van der Waals surface area contributed by atoms with Crippen LogP contribution in [0.2, 0.25) is 5.54 Å². The van der Waals surface area contributed by atoms with E-state index in [0.717, 1.165) is 0 Å². The molecule has 3 rings (SSSR count). The summed E-state index contributed by atoms with van der Waals surface area (Å²) in [5, 5.41) is 0. The van der Waals surface area contributed by atoms with Crippen molar-refractivity contribution in [3.8, 4) is 0 Å². The SMILES string of the molecule is CO[Si](OC)(OC)C1CC12CCC1OC1C2. The number of epoxide rings is 1. The molecule has 4 nitrogen and oxygen atoms in total. The Balaban J connectivity index is 1.73. The first-order chi connectivity index (χ1) is 7.69. The number of hydrogen-bond acceptors (Lipinski definition) is 4. The summed E-state index contributed by atoms with van der Waals surface area (Å²) in [5.41, 5.74) is 0.900. The summed E-state index contributed by atoms with van der Waals surface area (Å²) in [6.45, 7) is 0. The van der Waals surface area contributed by atoms with E-state index in [0.29, 0.717) is 23.2 Å². The van der Waals surface area contributed by atoms with E-state index in [9.17, 15) is 0 Å². The Kier molecular flexibility index (Phi) is 2.46. The molecule has 4 unspecified atom stereocenters. The van der Waals surface area contributed by atoms with Gasteiger partial charge < -0.3 is 18.0 Å². The van der Waals surface area contributed by atoms with Gasteiger partial charge in [-0.3, -0.25) is 0 Å². The molecule has 2 saturated carbocycles. The second kappa shape index (κ2) is 3.52. The molecule has 2 aliphatic carbocycles. The summed E-state index contributed by atoms with van der Waals surface area (Å²) in [6, 6.07) is 0. The quantitative estimate of drug-likeness (QED) is 0.556. The van der Waals surface area contributed by atoms with Crippen molar-refractivity contribution in [3.63, 3.8) is 0 Å². The third-order valence-corrected chi connectivity index (χ3v) is 8.07. The number of fused-ring (bicyclic) bond motifs is 1. The van der Waals surface area contributed by atoms with Gasteiger partial charge in [-0.05, 0) is 31.1 Å². The van der Waals surface area contributed by atoms with Crippen molar-refractivity contribution in [2.24, 2.45) is 5.41 Å². The van der Waals surface area contributed by atoms with Crippen LogP contribution >= 0.6 is 0 Å². The van der Waals surface area contributed by atoms with Gasteiger partial charge in [0.25, 0.3) is 0 Å². The fourth-order valence-corrected chi connectivity index (χ4v) is 6.59. The summed E-state index contributed by atoms with van der Waals surface area (Å²) in [6.07, 6.45) is 5.94. The predicted molar refractivity (Wildman–Crippen MR) is 60.1 cm³/mol. The van der Waals surface area contributed by atoms with Gasteiger partial charge >= 0.3 is 8.80 Å². The molecule has 0 N–H and O–H groups in total. The van der Waals surface area contributed by atoms with E-state index >= 15 is 0 Å². The van der Waals surface area contributed by atoms with Gasteiger partial charge in [-0.15, -0.1) is 0 Å². The van der Waals surface area contributed by atoms with Crippen LogP contribution in [0.5, 0.6) is 0 Å². The molecule has 4 atom stereocenters. The van der Waals surface area contributed by atoms with Crippen molar-refractivity contribution >= 4 is 8.80 Å². The Labute approximate surface area is 97.6 Å². The summed E-state index contributed by atoms with van der Waals surface area (Å²) in [4.78, 5) is 0. The molecular weight excluding hydrogens is 224 g/mol. The van der Waals surface area contributed by atoms with E-state index in [1.54, 1.807) is 21.3 Å². The Hall–Kier alpha value is 0.0569. The minimum absolute atomic E-state index is 0.409. The Morgan fingerprint density at radius 1 is 1.06 bits per heavy atom. The molecule has 1 aliphatic heterocycles. The molecule has 92 valence electrons. The summed E-state index contributed by atoms with van der Waals surface area (Å²) >= 11 is 0. The lowest BCUT2D eigenvalue weighted by Gasteiger charge is -2.28. The zero-order chi connectivity index (χ0) is 11.4. The van der Waals surface area contributed by atoms with Crippen LogP contribution in [0.3, 0.4) is 0 Å². The maximum atomic E-state index is 5.61. The van der Waals surface area contributed by atoms with Gasteiger partial charge in [-0.2, -0.15) is 0 Å². The highest BCUT2D eigenvalue weighted by Crippen LogP contribution is 2.71. The lowest BCUT2D eigenvalue weighted by molar-refractivity contribution is 0.115. The zero-order valence-corrected chi connectivity index (χ0v) is 11.2. The molecule has 0 amide bonds. The standard InChI is InChI=1S/C11H20O4Si/c1-12-16(13-2,14-3)10-7-11(10)5-4-8-9(6-11)15-8/h8-10H,4-7H2,1-3H3. The van der Waals surface area contributed by atoms with E-state index < -0.39 is 8.80 Å². The van der Waals surface area contributed by atoms with Gasteiger partial charge in [0.2, 0.25) is 0 Å². The summed E-state index contributed by atoms with van der Waals surface area (Å²) in [5.74, 6) is 0. The predicted octanol–water partition coefficient (Wildman–Crippen LogP) is 1.58. The highest BCUT2D eigenvalue weighted by atomic mass is 28.4. The molecule has 0 aromatic heterocycles. The molecule has 0 radical (unpaired) electrons. The normalized spacial score (nSPS) is 45.6. The van der Waals surface area contributed by atoms with Crippen molar-refractivity contribution in [2.75, 3.05) is 21.3 Å². The molecular formula is C11H20O4Si. The van der Waals surface area contributed by atoms with E-state index in [4.69, 9.17) is 18.0 Å². The molecule has 5 heteroatoms. The van der Waals surface area contributed by atoms with Gasteiger partial charge in [0.1, 0.15) is 0 Å². The van der Waals surface area contributed by atoms with Crippen LogP contribution in [-0.2, 0) is 18.0 Å². The van der Waals surface area contributed by atoms with Crippen molar-refractivity contribution in [1.82, 2.24) is 0 Å².